The smallest absolute Gasteiger partial charge is 0.260 e. The molecule has 0 spiro atoms. The summed E-state index contributed by atoms with van der Waals surface area (Å²) >= 11 is 3.01. The minimum Gasteiger partial charge on any atom is -0.336 e. The molecule has 0 radical (unpaired) electrons. The minimum absolute atomic E-state index is 0.0736. The highest BCUT2D eigenvalue weighted by molar-refractivity contribution is 9.10. The number of hydrogen-bond acceptors (Lipinski definition) is 1. The van der Waals surface area contributed by atoms with E-state index in [0.29, 0.717) is 12.5 Å². The van der Waals surface area contributed by atoms with Crippen LogP contribution in [0, 0.1) is 17.6 Å². The van der Waals surface area contributed by atoms with Crippen LogP contribution in [0.5, 0.6) is 0 Å². The zero-order valence-corrected chi connectivity index (χ0v) is 12.5. The van der Waals surface area contributed by atoms with E-state index in [1.165, 1.54) is 0 Å². The molecule has 2 nitrogen and oxygen atoms in total. The molecule has 0 N–H and O–H groups in total. The van der Waals surface area contributed by atoms with Gasteiger partial charge in [-0.25, -0.2) is 8.78 Å². The van der Waals surface area contributed by atoms with E-state index in [4.69, 9.17) is 0 Å². The molecule has 0 bridgehead atoms. The molecule has 19 heavy (non-hydrogen) atoms. The summed E-state index contributed by atoms with van der Waals surface area (Å²) in [5.41, 5.74) is -0.461. The van der Waals surface area contributed by atoms with Gasteiger partial charge >= 0.3 is 0 Å². The Labute approximate surface area is 119 Å². The molecule has 2 rings (SSSR count). The summed E-state index contributed by atoms with van der Waals surface area (Å²) in [7, 11) is 0. The first-order valence-electron chi connectivity index (χ1n) is 6.35. The molecular weight excluding hydrogens is 316 g/mol. The zero-order chi connectivity index (χ0) is 14.2. The van der Waals surface area contributed by atoms with Crippen molar-refractivity contribution in [1.82, 2.24) is 4.90 Å². The van der Waals surface area contributed by atoms with E-state index in [9.17, 15) is 13.6 Å². The van der Waals surface area contributed by atoms with E-state index in [-0.39, 0.29) is 10.5 Å². The molecule has 1 fully saturated rings. The lowest BCUT2D eigenvalue weighted by atomic mass is 10.1. The van der Waals surface area contributed by atoms with Crippen LogP contribution in [0.15, 0.2) is 16.6 Å². The fraction of sp³-hybridized carbons (Fsp3) is 0.500. The van der Waals surface area contributed by atoms with Crippen LogP contribution >= 0.6 is 15.9 Å². The second-order valence-electron chi connectivity index (χ2n) is 5.24. The maximum atomic E-state index is 13.8. The lowest BCUT2D eigenvalue weighted by molar-refractivity contribution is 0.0686. The van der Waals surface area contributed by atoms with E-state index >= 15 is 0 Å². The van der Waals surface area contributed by atoms with Gasteiger partial charge in [0.15, 0.2) is 0 Å². The van der Waals surface area contributed by atoms with Crippen molar-refractivity contribution in [2.45, 2.75) is 32.7 Å². The van der Waals surface area contributed by atoms with E-state index < -0.39 is 23.1 Å². The standard InChI is InChI=1S/C14H16BrF2NO/c1-8(2)18(7-9-3-4-9)14(19)13-11(16)5-10(15)6-12(13)17/h5-6,8-9H,3-4,7H2,1-2H3. The molecule has 0 aromatic heterocycles. The van der Waals surface area contributed by atoms with Crippen LogP contribution in [-0.2, 0) is 0 Å². The molecule has 1 aliphatic carbocycles. The Bertz CT molecular complexity index is 477. The summed E-state index contributed by atoms with van der Waals surface area (Å²) in [6, 6.07) is 2.16. The molecule has 5 heteroatoms. The van der Waals surface area contributed by atoms with Crippen molar-refractivity contribution in [2.24, 2.45) is 5.92 Å². The molecular formula is C14H16BrF2NO. The third kappa shape index (κ3) is 3.32. The molecule has 1 aromatic carbocycles. The summed E-state index contributed by atoms with van der Waals surface area (Å²) in [5.74, 6) is -1.73. The Morgan fingerprint density at radius 2 is 1.89 bits per heavy atom. The Kier molecular flexibility index (Phi) is 4.23. The van der Waals surface area contributed by atoms with Gasteiger partial charge in [0.05, 0.1) is 0 Å². The van der Waals surface area contributed by atoms with Crippen molar-refractivity contribution in [3.63, 3.8) is 0 Å². The van der Waals surface area contributed by atoms with E-state index in [0.717, 1.165) is 25.0 Å². The molecule has 0 aliphatic heterocycles. The lowest BCUT2D eigenvalue weighted by Crippen LogP contribution is -2.39. The fourth-order valence-electron chi connectivity index (χ4n) is 2.00. The van der Waals surface area contributed by atoms with Gasteiger partial charge in [0.2, 0.25) is 0 Å². The van der Waals surface area contributed by atoms with Gasteiger partial charge in [0, 0.05) is 17.1 Å². The van der Waals surface area contributed by atoms with Crippen molar-refractivity contribution in [3.8, 4) is 0 Å². The quantitative estimate of drug-likeness (QED) is 0.816. The Balaban J connectivity index is 2.30. The number of hydrogen-bond donors (Lipinski definition) is 0. The van der Waals surface area contributed by atoms with E-state index in [1.54, 1.807) is 4.90 Å². The molecule has 1 aromatic rings. The topological polar surface area (TPSA) is 20.3 Å². The summed E-state index contributed by atoms with van der Waals surface area (Å²) in [6.07, 6.45) is 2.17. The first-order valence-corrected chi connectivity index (χ1v) is 7.15. The van der Waals surface area contributed by atoms with Crippen LogP contribution in [0.1, 0.15) is 37.0 Å². The Morgan fingerprint density at radius 1 is 1.37 bits per heavy atom. The fourth-order valence-corrected chi connectivity index (χ4v) is 2.40. The zero-order valence-electron chi connectivity index (χ0n) is 10.9. The lowest BCUT2D eigenvalue weighted by Gasteiger charge is -2.27. The molecule has 1 aliphatic rings. The third-order valence-electron chi connectivity index (χ3n) is 3.26. The Hall–Kier alpha value is -0.970. The maximum Gasteiger partial charge on any atom is 0.260 e. The highest BCUT2D eigenvalue weighted by Crippen LogP contribution is 2.31. The predicted molar refractivity (Wildman–Crippen MR) is 73.0 cm³/mol. The summed E-state index contributed by atoms with van der Waals surface area (Å²) < 4.78 is 27.9. The van der Waals surface area contributed by atoms with Gasteiger partial charge in [-0.15, -0.1) is 0 Å². The summed E-state index contributed by atoms with van der Waals surface area (Å²) in [5, 5.41) is 0. The third-order valence-corrected chi connectivity index (χ3v) is 3.71. The normalized spacial score (nSPS) is 14.8. The van der Waals surface area contributed by atoms with Gasteiger partial charge in [-0.3, -0.25) is 4.79 Å². The molecule has 0 saturated heterocycles. The number of carbonyl (C=O) groups excluding carboxylic acids is 1. The number of carbonyl (C=O) groups is 1. The van der Waals surface area contributed by atoms with Crippen LogP contribution in [0.4, 0.5) is 8.78 Å². The predicted octanol–water partition coefficient (Wildman–Crippen LogP) is 3.99. The SMILES string of the molecule is CC(C)N(CC1CC1)C(=O)c1c(F)cc(Br)cc1F. The van der Waals surface area contributed by atoms with Crippen LogP contribution in [-0.4, -0.2) is 23.4 Å². The maximum absolute atomic E-state index is 13.8. The highest BCUT2D eigenvalue weighted by atomic mass is 79.9. The van der Waals surface area contributed by atoms with Gasteiger partial charge < -0.3 is 4.90 Å². The Morgan fingerprint density at radius 3 is 2.32 bits per heavy atom. The van der Waals surface area contributed by atoms with Gasteiger partial charge in [-0.05, 0) is 44.7 Å². The number of rotatable bonds is 4. The number of amides is 1. The van der Waals surface area contributed by atoms with Crippen LogP contribution in [0.25, 0.3) is 0 Å². The van der Waals surface area contributed by atoms with Gasteiger partial charge in [0.1, 0.15) is 17.2 Å². The van der Waals surface area contributed by atoms with Gasteiger partial charge in [0.25, 0.3) is 5.91 Å². The largest absolute Gasteiger partial charge is 0.336 e. The van der Waals surface area contributed by atoms with Crippen molar-refractivity contribution >= 4 is 21.8 Å². The van der Waals surface area contributed by atoms with Crippen LogP contribution in [0.2, 0.25) is 0 Å². The molecule has 0 atom stereocenters. The van der Waals surface area contributed by atoms with Gasteiger partial charge in [-0.2, -0.15) is 0 Å². The van der Waals surface area contributed by atoms with E-state index in [1.807, 2.05) is 13.8 Å². The van der Waals surface area contributed by atoms with E-state index in [2.05, 4.69) is 15.9 Å². The second-order valence-corrected chi connectivity index (χ2v) is 6.15. The molecule has 0 unspecified atom stereocenters. The monoisotopic (exact) mass is 331 g/mol. The number of benzene rings is 1. The first kappa shape index (κ1) is 14.4. The van der Waals surface area contributed by atoms with Crippen molar-refractivity contribution in [2.75, 3.05) is 6.54 Å². The molecule has 1 amide bonds. The first-order chi connectivity index (χ1) is 8.90. The molecule has 1 saturated carbocycles. The average Bonchev–Trinajstić information content (AvgIpc) is 3.07. The molecule has 104 valence electrons. The van der Waals surface area contributed by atoms with Crippen molar-refractivity contribution in [3.05, 3.63) is 33.8 Å². The number of halogens is 3. The van der Waals surface area contributed by atoms with Crippen molar-refractivity contribution < 1.29 is 13.6 Å². The van der Waals surface area contributed by atoms with Gasteiger partial charge in [-0.1, -0.05) is 15.9 Å². The minimum atomic E-state index is -0.821. The average molecular weight is 332 g/mol. The van der Waals surface area contributed by atoms with Crippen LogP contribution < -0.4 is 0 Å². The second kappa shape index (κ2) is 5.57. The van der Waals surface area contributed by atoms with Crippen molar-refractivity contribution in [1.29, 1.82) is 0 Å². The summed E-state index contributed by atoms with van der Waals surface area (Å²) in [4.78, 5) is 13.9. The van der Waals surface area contributed by atoms with Crippen LogP contribution in [0.3, 0.4) is 0 Å². The molecule has 0 heterocycles. The summed E-state index contributed by atoms with van der Waals surface area (Å²) in [6.45, 7) is 4.29. The number of nitrogens with zero attached hydrogens (tertiary/aromatic N) is 1. The highest BCUT2D eigenvalue weighted by Gasteiger charge is 2.31.